The summed E-state index contributed by atoms with van der Waals surface area (Å²) >= 11 is 0. The number of hydrogen-bond donors (Lipinski definition) is 0. The lowest BCUT2D eigenvalue weighted by atomic mass is 9.82. The molecule has 0 heteroatoms. The Balaban J connectivity index is 2.83. The average molecular weight is 254 g/mol. The molecule has 0 saturated carbocycles. The van der Waals surface area contributed by atoms with Crippen LogP contribution in [0, 0.1) is 0 Å². The molecule has 0 N–H and O–H groups in total. The third-order valence-electron chi connectivity index (χ3n) is 3.93. The number of fused-ring (bicyclic) bond motifs is 1. The zero-order valence-electron chi connectivity index (χ0n) is 13.0. The molecule has 0 aliphatic heterocycles. The Bertz CT molecular complexity index is 562. The van der Waals surface area contributed by atoms with E-state index >= 15 is 0 Å². The lowest BCUT2D eigenvalue weighted by Crippen LogP contribution is -2.05. The summed E-state index contributed by atoms with van der Waals surface area (Å²) in [6.45, 7) is 11.6. The van der Waals surface area contributed by atoms with E-state index in [-0.39, 0.29) is 0 Å². The van der Waals surface area contributed by atoms with Crippen molar-refractivity contribution >= 4 is 10.8 Å². The van der Waals surface area contributed by atoms with E-state index in [1.54, 1.807) is 11.1 Å². The zero-order valence-corrected chi connectivity index (χ0v) is 13.0. The van der Waals surface area contributed by atoms with E-state index in [0.29, 0.717) is 11.8 Å². The molecule has 0 unspecified atom stereocenters. The summed E-state index contributed by atoms with van der Waals surface area (Å²) in [6.07, 6.45) is 2.40. The van der Waals surface area contributed by atoms with Crippen molar-refractivity contribution in [3.63, 3.8) is 0 Å². The van der Waals surface area contributed by atoms with E-state index in [4.69, 9.17) is 0 Å². The maximum atomic E-state index is 2.41. The molecule has 2 rings (SSSR count). The number of aryl methyl sites for hydroxylation is 1. The summed E-state index contributed by atoms with van der Waals surface area (Å²) in [5, 5.41) is 2.86. The van der Waals surface area contributed by atoms with E-state index in [0.717, 1.165) is 0 Å². The number of rotatable bonds is 4. The van der Waals surface area contributed by atoms with Crippen molar-refractivity contribution in [2.75, 3.05) is 0 Å². The van der Waals surface area contributed by atoms with Crippen molar-refractivity contribution in [1.29, 1.82) is 0 Å². The van der Waals surface area contributed by atoms with Gasteiger partial charge in [-0.3, -0.25) is 0 Å². The molecule has 0 aliphatic carbocycles. The second-order valence-electron chi connectivity index (χ2n) is 6.14. The summed E-state index contributed by atoms with van der Waals surface area (Å²) in [7, 11) is 0. The molecule has 0 nitrogen and oxygen atoms in total. The highest BCUT2D eigenvalue weighted by Gasteiger charge is 2.17. The van der Waals surface area contributed by atoms with Crippen LogP contribution >= 0.6 is 0 Å². The molecule has 0 atom stereocenters. The van der Waals surface area contributed by atoms with Gasteiger partial charge in [0.1, 0.15) is 0 Å². The summed E-state index contributed by atoms with van der Waals surface area (Å²) in [6, 6.07) is 11.3. The lowest BCUT2D eigenvalue weighted by Gasteiger charge is -2.22. The normalized spacial score (nSPS) is 11.7. The summed E-state index contributed by atoms with van der Waals surface area (Å²) in [5.74, 6) is 1.20. The van der Waals surface area contributed by atoms with E-state index in [2.05, 4.69) is 65.0 Å². The third kappa shape index (κ3) is 2.68. The SMILES string of the molecule is CCCc1c(C(C)C)c(C(C)C)cc2ccccc12. The third-order valence-corrected chi connectivity index (χ3v) is 3.93. The Morgan fingerprint density at radius 2 is 1.63 bits per heavy atom. The molecular weight excluding hydrogens is 228 g/mol. The smallest absolute Gasteiger partial charge is 0.0149 e. The van der Waals surface area contributed by atoms with Gasteiger partial charge in [0.15, 0.2) is 0 Å². The second kappa shape index (κ2) is 5.77. The Morgan fingerprint density at radius 3 is 2.21 bits per heavy atom. The molecule has 19 heavy (non-hydrogen) atoms. The van der Waals surface area contributed by atoms with Gasteiger partial charge in [-0.2, -0.15) is 0 Å². The fourth-order valence-electron chi connectivity index (χ4n) is 3.14. The molecule has 0 saturated heterocycles. The first-order valence-corrected chi connectivity index (χ1v) is 7.60. The van der Waals surface area contributed by atoms with Crippen LogP contribution in [0.5, 0.6) is 0 Å². The predicted octanol–water partition coefficient (Wildman–Crippen LogP) is 6.04. The van der Waals surface area contributed by atoms with Gasteiger partial charge in [0.25, 0.3) is 0 Å². The van der Waals surface area contributed by atoms with Gasteiger partial charge >= 0.3 is 0 Å². The van der Waals surface area contributed by atoms with Crippen LogP contribution in [0.4, 0.5) is 0 Å². The molecule has 0 heterocycles. The minimum absolute atomic E-state index is 0.595. The van der Waals surface area contributed by atoms with Crippen molar-refractivity contribution in [3.8, 4) is 0 Å². The van der Waals surface area contributed by atoms with Gasteiger partial charge < -0.3 is 0 Å². The molecule has 0 amide bonds. The van der Waals surface area contributed by atoms with Gasteiger partial charge in [-0.05, 0) is 45.7 Å². The Hall–Kier alpha value is -1.30. The molecule has 0 radical (unpaired) electrons. The van der Waals surface area contributed by atoms with Gasteiger partial charge in [0.2, 0.25) is 0 Å². The van der Waals surface area contributed by atoms with Crippen LogP contribution in [0.1, 0.15) is 69.6 Å². The van der Waals surface area contributed by atoms with Crippen molar-refractivity contribution in [3.05, 3.63) is 47.0 Å². The highest BCUT2D eigenvalue weighted by Crippen LogP contribution is 2.35. The van der Waals surface area contributed by atoms with Crippen LogP contribution in [-0.4, -0.2) is 0 Å². The summed E-state index contributed by atoms with van der Waals surface area (Å²) in [5.41, 5.74) is 4.71. The Morgan fingerprint density at radius 1 is 0.947 bits per heavy atom. The predicted molar refractivity (Wildman–Crippen MR) is 86.1 cm³/mol. The van der Waals surface area contributed by atoms with Gasteiger partial charge in [-0.25, -0.2) is 0 Å². The summed E-state index contributed by atoms with van der Waals surface area (Å²) < 4.78 is 0. The molecule has 102 valence electrons. The van der Waals surface area contributed by atoms with Gasteiger partial charge in [0.05, 0.1) is 0 Å². The maximum Gasteiger partial charge on any atom is -0.0149 e. The van der Waals surface area contributed by atoms with E-state index in [1.807, 2.05) is 0 Å². The molecule has 0 bridgehead atoms. The van der Waals surface area contributed by atoms with Crippen molar-refractivity contribution in [1.82, 2.24) is 0 Å². The zero-order chi connectivity index (χ0) is 14.0. The fraction of sp³-hybridized carbons (Fsp3) is 0.474. The number of hydrogen-bond acceptors (Lipinski definition) is 0. The highest BCUT2D eigenvalue weighted by atomic mass is 14.2. The van der Waals surface area contributed by atoms with Crippen LogP contribution in [0.25, 0.3) is 10.8 Å². The van der Waals surface area contributed by atoms with Crippen LogP contribution in [0.3, 0.4) is 0 Å². The van der Waals surface area contributed by atoms with Crippen LogP contribution in [0.15, 0.2) is 30.3 Å². The van der Waals surface area contributed by atoms with Gasteiger partial charge in [-0.1, -0.05) is 71.4 Å². The largest absolute Gasteiger partial charge is 0.0651 e. The molecule has 0 aliphatic rings. The first kappa shape index (κ1) is 14.1. The average Bonchev–Trinajstić information content (AvgIpc) is 2.38. The lowest BCUT2D eigenvalue weighted by molar-refractivity contribution is 0.770. The first-order valence-electron chi connectivity index (χ1n) is 7.60. The fourth-order valence-corrected chi connectivity index (χ4v) is 3.14. The Labute approximate surface area is 117 Å². The van der Waals surface area contributed by atoms with E-state index in [1.165, 1.54) is 29.2 Å². The quantitative estimate of drug-likeness (QED) is 0.624. The monoisotopic (exact) mass is 254 g/mol. The maximum absolute atomic E-state index is 2.41. The van der Waals surface area contributed by atoms with E-state index < -0.39 is 0 Å². The van der Waals surface area contributed by atoms with Crippen molar-refractivity contribution in [2.45, 2.75) is 59.3 Å². The van der Waals surface area contributed by atoms with Crippen molar-refractivity contribution in [2.24, 2.45) is 0 Å². The minimum atomic E-state index is 0.595. The topological polar surface area (TPSA) is 0 Å². The van der Waals surface area contributed by atoms with E-state index in [9.17, 15) is 0 Å². The van der Waals surface area contributed by atoms with Crippen molar-refractivity contribution < 1.29 is 0 Å². The molecule has 0 spiro atoms. The standard InChI is InChI=1S/C19H26/c1-6-9-17-16-11-8-7-10-15(16)12-18(13(2)3)19(17)14(4)5/h7-8,10-14H,6,9H2,1-5H3. The highest BCUT2D eigenvalue weighted by molar-refractivity contribution is 5.88. The van der Waals surface area contributed by atoms with Gasteiger partial charge in [-0.15, -0.1) is 0 Å². The Kier molecular flexibility index (Phi) is 4.29. The van der Waals surface area contributed by atoms with Gasteiger partial charge in [0, 0.05) is 0 Å². The minimum Gasteiger partial charge on any atom is -0.0651 e. The number of benzene rings is 2. The molecule has 2 aromatic carbocycles. The van der Waals surface area contributed by atoms with Crippen LogP contribution in [-0.2, 0) is 6.42 Å². The molecule has 0 fully saturated rings. The first-order chi connectivity index (χ1) is 9.06. The second-order valence-corrected chi connectivity index (χ2v) is 6.14. The molecular formula is C19H26. The molecule has 0 aromatic heterocycles. The van der Waals surface area contributed by atoms with Crippen LogP contribution < -0.4 is 0 Å². The van der Waals surface area contributed by atoms with Crippen LogP contribution in [0.2, 0.25) is 0 Å². The molecule has 2 aromatic rings. The summed E-state index contributed by atoms with van der Waals surface area (Å²) in [4.78, 5) is 0.